The lowest BCUT2D eigenvalue weighted by Gasteiger charge is -2.36. The van der Waals surface area contributed by atoms with Gasteiger partial charge in [-0.25, -0.2) is 0 Å². The first-order valence-electron chi connectivity index (χ1n) is 5.06. The van der Waals surface area contributed by atoms with Crippen LogP contribution in [0.15, 0.2) is 24.3 Å². The van der Waals surface area contributed by atoms with Gasteiger partial charge < -0.3 is 0 Å². The Morgan fingerprint density at radius 3 is 2.62 bits per heavy atom. The molecule has 16 heavy (non-hydrogen) atoms. The summed E-state index contributed by atoms with van der Waals surface area (Å²) in [4.78, 5) is 12.1. The molecular weight excluding hydrogens is 325 g/mol. The van der Waals surface area contributed by atoms with Crippen molar-refractivity contribution in [1.82, 2.24) is 0 Å². The highest BCUT2D eigenvalue weighted by Crippen LogP contribution is 2.49. The average Bonchev–Trinajstić information content (AvgIpc) is 2.22. The van der Waals surface area contributed by atoms with Gasteiger partial charge in [-0.05, 0) is 47.9 Å². The zero-order valence-electron chi connectivity index (χ0n) is 8.77. The molecule has 0 fully saturated rings. The number of carbonyl (C=O) groups is 1. The van der Waals surface area contributed by atoms with Gasteiger partial charge in [0.25, 0.3) is 0 Å². The summed E-state index contributed by atoms with van der Waals surface area (Å²) in [5.41, 5.74) is -0.236. The van der Waals surface area contributed by atoms with Crippen molar-refractivity contribution < 1.29 is 13.6 Å². The Kier molecular flexibility index (Phi) is 2.80. The maximum absolute atomic E-state index is 13.5. The number of alkyl halides is 3. The van der Waals surface area contributed by atoms with Crippen LogP contribution in [0, 0.1) is 5.41 Å². The summed E-state index contributed by atoms with van der Waals surface area (Å²) in [6, 6.07) is 7.01. The highest BCUT2D eigenvalue weighted by molar-refractivity contribution is 14.1. The van der Waals surface area contributed by atoms with Crippen molar-refractivity contribution in [2.75, 3.05) is 0 Å². The van der Waals surface area contributed by atoms with Crippen LogP contribution in [0.1, 0.15) is 29.3 Å². The fraction of sp³-hybridized carbons (Fsp3) is 0.417. The quantitative estimate of drug-likeness (QED) is 0.562. The van der Waals surface area contributed by atoms with Crippen molar-refractivity contribution in [1.29, 1.82) is 0 Å². The smallest absolute Gasteiger partial charge is 0.293 e. The van der Waals surface area contributed by atoms with Crippen LogP contribution in [0.25, 0.3) is 0 Å². The summed E-state index contributed by atoms with van der Waals surface area (Å²) in [6.07, 6.45) is 0.746. The molecule has 0 saturated heterocycles. The highest BCUT2D eigenvalue weighted by atomic mass is 127. The molecule has 2 rings (SSSR count). The van der Waals surface area contributed by atoms with Gasteiger partial charge in [-0.15, -0.1) is 0 Å². The summed E-state index contributed by atoms with van der Waals surface area (Å²) in [5.74, 6) is -0.436. The topological polar surface area (TPSA) is 17.1 Å². The lowest BCUT2D eigenvalue weighted by Crippen LogP contribution is -2.44. The normalized spacial score (nSPS) is 25.4. The van der Waals surface area contributed by atoms with Gasteiger partial charge in [0, 0.05) is 5.56 Å². The van der Waals surface area contributed by atoms with Crippen molar-refractivity contribution in [3.05, 3.63) is 35.4 Å². The SMILES string of the molecule is CC1(C(F)(F)I)CCc2ccccc2C1=O. The van der Waals surface area contributed by atoms with Crippen LogP contribution in [-0.4, -0.2) is 9.71 Å². The van der Waals surface area contributed by atoms with E-state index in [9.17, 15) is 13.6 Å². The van der Waals surface area contributed by atoms with E-state index in [4.69, 9.17) is 0 Å². The number of ketones is 1. The summed E-state index contributed by atoms with van der Waals surface area (Å²) >= 11 is 1.07. The third-order valence-electron chi connectivity index (χ3n) is 3.28. The van der Waals surface area contributed by atoms with Crippen LogP contribution in [-0.2, 0) is 6.42 Å². The van der Waals surface area contributed by atoms with Crippen LogP contribution in [0.2, 0.25) is 0 Å². The third-order valence-corrected chi connectivity index (χ3v) is 4.47. The number of fused-ring (bicyclic) bond motifs is 1. The first kappa shape index (κ1) is 12.0. The molecule has 0 saturated carbocycles. The standard InChI is InChI=1S/C12H11F2IO/c1-11(12(13,14)15)7-6-8-4-2-3-5-9(8)10(11)16/h2-5H,6-7H2,1H3. The number of Topliss-reactive ketones (excluding diaryl/α,β-unsaturated/α-hetero) is 1. The first-order valence-corrected chi connectivity index (χ1v) is 6.13. The van der Waals surface area contributed by atoms with Gasteiger partial charge in [-0.1, -0.05) is 24.3 Å². The van der Waals surface area contributed by atoms with E-state index < -0.39 is 15.1 Å². The summed E-state index contributed by atoms with van der Waals surface area (Å²) in [5, 5.41) is 0. The number of hydrogen-bond donors (Lipinski definition) is 0. The van der Waals surface area contributed by atoms with Crippen molar-refractivity contribution >= 4 is 28.4 Å². The Balaban J connectivity index is 2.50. The van der Waals surface area contributed by atoms with E-state index in [1.807, 2.05) is 12.1 Å². The fourth-order valence-electron chi connectivity index (χ4n) is 2.03. The molecule has 0 aromatic heterocycles. The molecule has 1 nitrogen and oxygen atoms in total. The van der Waals surface area contributed by atoms with E-state index in [0.29, 0.717) is 12.0 Å². The Labute approximate surface area is 106 Å². The fourth-order valence-corrected chi connectivity index (χ4v) is 2.54. The van der Waals surface area contributed by atoms with Crippen molar-refractivity contribution in [3.63, 3.8) is 0 Å². The minimum absolute atomic E-state index is 0.207. The number of benzene rings is 1. The lowest BCUT2D eigenvalue weighted by atomic mass is 9.72. The van der Waals surface area contributed by atoms with Crippen molar-refractivity contribution in [2.45, 2.75) is 23.7 Å². The number of hydrogen-bond acceptors (Lipinski definition) is 1. The van der Waals surface area contributed by atoms with Gasteiger partial charge >= 0.3 is 3.93 Å². The molecule has 1 aromatic carbocycles. The molecule has 4 heteroatoms. The third kappa shape index (κ3) is 1.67. The lowest BCUT2D eigenvalue weighted by molar-refractivity contribution is -0.00652. The number of halogens is 3. The largest absolute Gasteiger partial charge is 0.308 e. The van der Waals surface area contributed by atoms with Crippen LogP contribution in [0.5, 0.6) is 0 Å². The van der Waals surface area contributed by atoms with Crippen molar-refractivity contribution in [3.8, 4) is 0 Å². The van der Waals surface area contributed by atoms with E-state index in [2.05, 4.69) is 0 Å². The van der Waals surface area contributed by atoms with Gasteiger partial charge in [0.1, 0.15) is 5.41 Å². The van der Waals surface area contributed by atoms with E-state index in [0.717, 1.165) is 28.2 Å². The van der Waals surface area contributed by atoms with Gasteiger partial charge in [-0.2, -0.15) is 8.78 Å². The summed E-state index contributed by atoms with van der Waals surface area (Å²) in [6.45, 7) is 1.36. The predicted molar refractivity (Wildman–Crippen MR) is 66.2 cm³/mol. The second-order valence-electron chi connectivity index (χ2n) is 4.32. The molecule has 0 spiro atoms. The predicted octanol–water partition coefficient (Wildman–Crippen LogP) is 3.85. The molecular formula is C12H11F2IO. The molecule has 1 aliphatic carbocycles. The monoisotopic (exact) mass is 336 g/mol. The van der Waals surface area contributed by atoms with E-state index >= 15 is 0 Å². The van der Waals surface area contributed by atoms with Crippen LogP contribution >= 0.6 is 22.6 Å². The Bertz CT molecular complexity index is 439. The minimum atomic E-state index is -3.00. The van der Waals surface area contributed by atoms with Gasteiger partial charge in [-0.3, -0.25) is 4.79 Å². The zero-order valence-corrected chi connectivity index (χ0v) is 10.9. The Hall–Kier alpha value is -0.520. The number of aryl methyl sites for hydroxylation is 1. The van der Waals surface area contributed by atoms with Crippen LogP contribution in [0.3, 0.4) is 0 Å². The highest BCUT2D eigenvalue weighted by Gasteiger charge is 2.55. The average molecular weight is 336 g/mol. The molecule has 0 aliphatic heterocycles. The number of rotatable bonds is 1. The van der Waals surface area contributed by atoms with E-state index in [1.54, 1.807) is 12.1 Å². The number of carbonyl (C=O) groups excluding carboxylic acids is 1. The molecule has 0 amide bonds. The Morgan fingerprint density at radius 1 is 1.38 bits per heavy atom. The molecule has 0 radical (unpaired) electrons. The molecule has 1 aromatic rings. The van der Waals surface area contributed by atoms with Gasteiger partial charge in [0.05, 0.1) is 0 Å². The molecule has 1 unspecified atom stereocenters. The second kappa shape index (κ2) is 3.75. The van der Waals surface area contributed by atoms with Crippen LogP contribution in [0.4, 0.5) is 8.78 Å². The van der Waals surface area contributed by atoms with Crippen molar-refractivity contribution in [2.24, 2.45) is 5.41 Å². The van der Waals surface area contributed by atoms with Gasteiger partial charge in [0.2, 0.25) is 0 Å². The molecule has 0 bridgehead atoms. The van der Waals surface area contributed by atoms with E-state index in [1.165, 1.54) is 6.92 Å². The maximum atomic E-state index is 13.5. The molecule has 0 N–H and O–H groups in total. The van der Waals surface area contributed by atoms with E-state index in [-0.39, 0.29) is 6.42 Å². The van der Waals surface area contributed by atoms with Gasteiger partial charge in [0.15, 0.2) is 5.78 Å². The molecule has 1 atom stereocenters. The molecule has 1 aliphatic rings. The minimum Gasteiger partial charge on any atom is -0.293 e. The van der Waals surface area contributed by atoms with Crippen LogP contribution < -0.4 is 0 Å². The Morgan fingerprint density at radius 2 is 2.00 bits per heavy atom. The summed E-state index contributed by atoms with van der Waals surface area (Å²) in [7, 11) is 0. The first-order chi connectivity index (χ1) is 7.36. The second-order valence-corrected chi connectivity index (χ2v) is 5.67. The summed E-state index contributed by atoms with van der Waals surface area (Å²) < 4.78 is 24.0. The zero-order chi connectivity index (χ0) is 12.0. The molecule has 86 valence electrons. The molecule has 0 heterocycles. The maximum Gasteiger partial charge on any atom is 0.308 e.